The maximum atomic E-state index is 14.3. The van der Waals surface area contributed by atoms with Gasteiger partial charge in [0.1, 0.15) is 11.5 Å². The van der Waals surface area contributed by atoms with E-state index in [1.54, 1.807) is 25.1 Å². The maximum Gasteiger partial charge on any atom is 0.258 e. The zero-order valence-electron chi connectivity index (χ0n) is 22.3. The third-order valence-electron chi connectivity index (χ3n) is 8.85. The highest BCUT2D eigenvalue weighted by Gasteiger charge is 2.45. The minimum atomic E-state index is -2.88. The lowest BCUT2D eigenvalue weighted by Gasteiger charge is -2.35. The van der Waals surface area contributed by atoms with Gasteiger partial charge >= 0.3 is 0 Å². The highest BCUT2D eigenvalue weighted by Crippen LogP contribution is 2.54. The van der Waals surface area contributed by atoms with E-state index >= 15 is 0 Å². The fourth-order valence-corrected chi connectivity index (χ4v) is 7.50. The molecule has 2 aliphatic heterocycles. The summed E-state index contributed by atoms with van der Waals surface area (Å²) in [5.41, 5.74) is 1.28. The standard InChI is InChI=1S/C28H37FN6O2S/c1-19-17-24(33-26(31-19)35-13-9-27(2,29)10-14-35)32-25(36)22-6-5-21(38(30,37)20-3-4-20)18-23(22)34-15-11-28(7-8-28)12-16-34/h5-6,17-18,20,30H,3-4,7-16H2,1-2H3,(H,31,32,33,36)/t38-/m1/s1. The molecule has 0 unspecified atom stereocenters. The van der Waals surface area contributed by atoms with Gasteiger partial charge in [-0.25, -0.2) is 18.4 Å². The number of piperidine rings is 2. The van der Waals surface area contributed by atoms with Gasteiger partial charge in [0.05, 0.1) is 21.0 Å². The van der Waals surface area contributed by atoms with Gasteiger partial charge in [0, 0.05) is 48.1 Å². The number of halogens is 1. The highest BCUT2D eigenvalue weighted by atomic mass is 32.2. The van der Waals surface area contributed by atoms with Crippen molar-refractivity contribution in [3.05, 3.63) is 35.5 Å². The van der Waals surface area contributed by atoms with Crippen LogP contribution in [0.2, 0.25) is 0 Å². The quantitative estimate of drug-likeness (QED) is 0.515. The lowest BCUT2D eigenvalue weighted by Crippen LogP contribution is -2.41. The highest BCUT2D eigenvalue weighted by molar-refractivity contribution is 7.93. The predicted molar refractivity (Wildman–Crippen MR) is 147 cm³/mol. The molecule has 4 aliphatic rings. The van der Waals surface area contributed by atoms with Gasteiger partial charge in [-0.05, 0) is 88.8 Å². The first-order valence-electron chi connectivity index (χ1n) is 13.8. The Labute approximate surface area is 224 Å². The van der Waals surface area contributed by atoms with Gasteiger partial charge in [-0.3, -0.25) is 4.79 Å². The lowest BCUT2D eigenvalue weighted by molar-refractivity contribution is 0.102. The molecule has 1 amide bonds. The van der Waals surface area contributed by atoms with E-state index in [2.05, 4.69) is 20.2 Å². The third kappa shape index (κ3) is 5.11. The van der Waals surface area contributed by atoms with Crippen molar-refractivity contribution >= 4 is 33.1 Å². The number of aromatic nitrogens is 2. The normalized spacial score (nSPS) is 23.7. The monoisotopic (exact) mass is 540 g/mol. The van der Waals surface area contributed by atoms with Gasteiger partial charge in [-0.15, -0.1) is 0 Å². The van der Waals surface area contributed by atoms with Crippen LogP contribution in [0.4, 0.5) is 21.8 Å². The van der Waals surface area contributed by atoms with Crippen LogP contribution < -0.4 is 15.1 Å². The van der Waals surface area contributed by atoms with E-state index < -0.39 is 15.4 Å². The number of rotatable bonds is 6. The van der Waals surface area contributed by atoms with Gasteiger partial charge < -0.3 is 15.1 Å². The number of nitrogens with one attached hydrogen (secondary N) is 2. The van der Waals surface area contributed by atoms with Crippen LogP contribution in [-0.2, 0) is 9.73 Å². The number of aryl methyl sites for hydroxylation is 1. The molecule has 204 valence electrons. The van der Waals surface area contributed by atoms with Crippen molar-refractivity contribution in [2.45, 2.75) is 81.0 Å². The molecule has 2 aliphatic carbocycles. The number of nitrogens with zero attached hydrogens (tertiary/aromatic N) is 4. The topological polar surface area (TPSA) is 102 Å². The van der Waals surface area contributed by atoms with E-state index in [-0.39, 0.29) is 11.2 Å². The zero-order chi connectivity index (χ0) is 26.7. The van der Waals surface area contributed by atoms with E-state index in [1.165, 1.54) is 12.8 Å². The fourth-order valence-electron chi connectivity index (χ4n) is 5.76. The van der Waals surface area contributed by atoms with Crippen LogP contribution in [0.15, 0.2) is 29.2 Å². The SMILES string of the molecule is Cc1cc(NC(=O)c2ccc([S@](=N)(=O)C3CC3)cc2N2CCC3(CC2)CC3)nc(N2CCC(C)(F)CC2)n1. The molecule has 10 heteroatoms. The number of carbonyl (C=O) groups is 1. The van der Waals surface area contributed by atoms with Crippen LogP contribution in [0.1, 0.15) is 74.3 Å². The Bertz CT molecular complexity index is 1350. The summed E-state index contributed by atoms with van der Waals surface area (Å²) in [5, 5.41) is 2.88. The van der Waals surface area contributed by atoms with E-state index in [1.807, 2.05) is 17.9 Å². The molecular formula is C28H37FN6O2S. The number of hydrogen-bond donors (Lipinski definition) is 2. The summed E-state index contributed by atoms with van der Waals surface area (Å²) in [6, 6.07) is 6.97. The zero-order valence-corrected chi connectivity index (χ0v) is 23.1. The summed E-state index contributed by atoms with van der Waals surface area (Å²) in [6.45, 7) is 6.25. The first-order valence-corrected chi connectivity index (χ1v) is 15.4. The van der Waals surface area contributed by atoms with Crippen LogP contribution in [0.3, 0.4) is 0 Å². The molecule has 2 aromatic rings. The van der Waals surface area contributed by atoms with Crippen molar-refractivity contribution in [1.29, 1.82) is 4.78 Å². The van der Waals surface area contributed by atoms with Gasteiger partial charge in [-0.1, -0.05) is 0 Å². The number of amides is 1. The van der Waals surface area contributed by atoms with Crippen molar-refractivity contribution in [1.82, 2.24) is 9.97 Å². The average Bonchev–Trinajstić information content (AvgIpc) is 3.80. The summed E-state index contributed by atoms with van der Waals surface area (Å²) < 4.78 is 36.1. The first kappa shape index (κ1) is 25.5. The Kier molecular flexibility index (Phi) is 6.16. The van der Waals surface area contributed by atoms with E-state index in [4.69, 9.17) is 4.78 Å². The second-order valence-corrected chi connectivity index (χ2v) is 14.4. The molecule has 1 aromatic heterocycles. The molecule has 8 nitrogen and oxygen atoms in total. The maximum absolute atomic E-state index is 14.3. The molecule has 4 fully saturated rings. The molecule has 0 radical (unpaired) electrons. The van der Waals surface area contributed by atoms with E-state index in [9.17, 15) is 13.4 Å². The average molecular weight is 541 g/mol. The van der Waals surface area contributed by atoms with Crippen molar-refractivity contribution in [2.75, 3.05) is 41.3 Å². The molecule has 2 saturated carbocycles. The second kappa shape index (κ2) is 9.17. The molecular weight excluding hydrogens is 503 g/mol. The Morgan fingerprint density at radius 2 is 1.68 bits per heavy atom. The summed E-state index contributed by atoms with van der Waals surface area (Å²) in [7, 11) is -2.88. The van der Waals surface area contributed by atoms with Gasteiger partial charge in [0.2, 0.25) is 5.95 Å². The van der Waals surface area contributed by atoms with Crippen LogP contribution >= 0.6 is 0 Å². The van der Waals surface area contributed by atoms with Crippen molar-refractivity contribution in [3.63, 3.8) is 0 Å². The lowest BCUT2D eigenvalue weighted by atomic mass is 9.93. The van der Waals surface area contributed by atoms with Gasteiger partial charge in [-0.2, -0.15) is 4.98 Å². The van der Waals surface area contributed by atoms with Crippen LogP contribution in [0.5, 0.6) is 0 Å². The molecule has 1 spiro atoms. The van der Waals surface area contributed by atoms with Gasteiger partial charge in [0.15, 0.2) is 0 Å². The summed E-state index contributed by atoms with van der Waals surface area (Å²) in [5.74, 6) is 0.606. The molecule has 6 rings (SSSR count). The van der Waals surface area contributed by atoms with E-state index in [0.29, 0.717) is 53.6 Å². The number of alkyl halides is 1. The molecule has 2 N–H and O–H groups in total. The Morgan fingerprint density at radius 3 is 2.32 bits per heavy atom. The Balaban J connectivity index is 1.27. The van der Waals surface area contributed by atoms with Crippen molar-refractivity contribution < 1.29 is 13.4 Å². The van der Waals surface area contributed by atoms with Crippen molar-refractivity contribution in [3.8, 4) is 0 Å². The Morgan fingerprint density at radius 1 is 1.03 bits per heavy atom. The molecule has 3 heterocycles. The smallest absolute Gasteiger partial charge is 0.258 e. The van der Waals surface area contributed by atoms with E-state index in [0.717, 1.165) is 50.2 Å². The summed E-state index contributed by atoms with van der Waals surface area (Å²) in [4.78, 5) is 27.5. The van der Waals surface area contributed by atoms with Crippen LogP contribution in [0, 0.1) is 17.1 Å². The van der Waals surface area contributed by atoms with Gasteiger partial charge in [0.25, 0.3) is 5.91 Å². The number of anilines is 3. The minimum absolute atomic E-state index is 0.0846. The summed E-state index contributed by atoms with van der Waals surface area (Å²) in [6.07, 6.45) is 7.24. The van der Waals surface area contributed by atoms with Crippen LogP contribution in [-0.4, -0.2) is 57.2 Å². The predicted octanol–water partition coefficient (Wildman–Crippen LogP) is 5.31. The molecule has 0 bridgehead atoms. The fraction of sp³-hybridized carbons (Fsp3) is 0.607. The summed E-state index contributed by atoms with van der Waals surface area (Å²) >= 11 is 0. The van der Waals surface area contributed by atoms with Crippen molar-refractivity contribution in [2.24, 2.45) is 5.41 Å². The number of benzene rings is 1. The largest absolute Gasteiger partial charge is 0.371 e. The molecule has 38 heavy (non-hydrogen) atoms. The number of hydrogen-bond acceptors (Lipinski definition) is 7. The van der Waals surface area contributed by atoms with Crippen LogP contribution in [0.25, 0.3) is 0 Å². The molecule has 2 saturated heterocycles. The molecule has 1 atom stereocenters. The third-order valence-corrected chi connectivity index (χ3v) is 11.2. The number of carbonyl (C=O) groups excluding carboxylic acids is 1. The first-order chi connectivity index (χ1) is 18.0. The molecule has 1 aromatic carbocycles. The Hall–Kier alpha value is -2.75. The second-order valence-electron chi connectivity index (χ2n) is 12.0. The minimum Gasteiger partial charge on any atom is -0.371 e.